The van der Waals surface area contributed by atoms with E-state index in [9.17, 15) is 0 Å². The van der Waals surface area contributed by atoms with E-state index in [-0.39, 0.29) is 6.15 Å². The maximum absolute atomic E-state index is 2.17. The van der Waals surface area contributed by atoms with Crippen LogP contribution in [0.2, 0.25) is 0 Å². The van der Waals surface area contributed by atoms with Gasteiger partial charge in [0, 0.05) is 0 Å². The zero-order chi connectivity index (χ0) is 5.98. The van der Waals surface area contributed by atoms with E-state index >= 15 is 0 Å². The second kappa shape index (κ2) is 3.25. The van der Waals surface area contributed by atoms with Crippen molar-refractivity contribution >= 4 is 0 Å². The standard InChI is InChI=1S/C8H10.H3N/c1-7-4-3-5-8(2)6-7;/h3-6H,1-2H3;1H3. The molecule has 0 bridgehead atoms. The molecule has 0 aliphatic heterocycles. The van der Waals surface area contributed by atoms with Crippen LogP contribution in [0.1, 0.15) is 11.1 Å². The van der Waals surface area contributed by atoms with Crippen LogP contribution in [0, 0.1) is 13.8 Å². The molecule has 1 aromatic rings. The lowest BCUT2D eigenvalue weighted by atomic mass is 10.2. The Morgan fingerprint density at radius 2 is 1.44 bits per heavy atom. The Balaban J connectivity index is 0.000000640. The van der Waals surface area contributed by atoms with Crippen LogP contribution in [0.3, 0.4) is 0 Å². The lowest BCUT2D eigenvalue weighted by Crippen LogP contribution is -1.71. The summed E-state index contributed by atoms with van der Waals surface area (Å²) in [6, 6.07) is 8.45. The van der Waals surface area contributed by atoms with E-state index in [4.69, 9.17) is 0 Å². The fourth-order valence-electron chi connectivity index (χ4n) is 0.807. The highest BCUT2D eigenvalue weighted by molar-refractivity contribution is 5.20. The molecule has 0 amide bonds. The predicted molar refractivity (Wildman–Crippen MR) is 40.9 cm³/mol. The molecule has 1 heteroatoms. The van der Waals surface area contributed by atoms with Crippen LogP contribution < -0.4 is 6.15 Å². The monoisotopic (exact) mass is 123 g/mol. The van der Waals surface area contributed by atoms with Gasteiger partial charge in [0.2, 0.25) is 0 Å². The molecule has 0 aromatic heterocycles. The van der Waals surface area contributed by atoms with Gasteiger partial charge in [-0.15, -0.1) is 0 Å². The van der Waals surface area contributed by atoms with Gasteiger partial charge in [-0.3, -0.25) is 0 Å². The Morgan fingerprint density at radius 3 is 1.67 bits per heavy atom. The minimum Gasteiger partial charge on any atom is -0.344 e. The van der Waals surface area contributed by atoms with Crippen molar-refractivity contribution < 1.29 is 0 Å². The summed E-state index contributed by atoms with van der Waals surface area (Å²) in [6.07, 6.45) is 0. The Labute approximate surface area is 56.3 Å². The number of rotatable bonds is 0. The summed E-state index contributed by atoms with van der Waals surface area (Å²) < 4.78 is 0. The summed E-state index contributed by atoms with van der Waals surface area (Å²) in [5, 5.41) is 0. The molecular formula is C8H13N. The molecular weight excluding hydrogens is 110 g/mol. The van der Waals surface area contributed by atoms with Crippen molar-refractivity contribution in [3.05, 3.63) is 35.4 Å². The smallest absolute Gasteiger partial charge is 0.0398 e. The molecule has 0 aliphatic carbocycles. The number of hydrogen-bond acceptors (Lipinski definition) is 1. The van der Waals surface area contributed by atoms with Crippen LogP contribution in [0.25, 0.3) is 0 Å². The van der Waals surface area contributed by atoms with Gasteiger partial charge in [-0.2, -0.15) is 0 Å². The molecule has 3 N–H and O–H groups in total. The van der Waals surface area contributed by atoms with Crippen LogP contribution in [-0.4, -0.2) is 0 Å². The van der Waals surface area contributed by atoms with Crippen LogP contribution in [0.15, 0.2) is 24.3 Å². The summed E-state index contributed by atoms with van der Waals surface area (Å²) in [5.41, 5.74) is 2.68. The van der Waals surface area contributed by atoms with E-state index < -0.39 is 0 Å². The van der Waals surface area contributed by atoms with Gasteiger partial charge in [-0.05, 0) is 13.8 Å². The zero-order valence-electron chi connectivity index (χ0n) is 6.02. The van der Waals surface area contributed by atoms with Crippen molar-refractivity contribution in [2.45, 2.75) is 13.8 Å². The molecule has 1 rings (SSSR count). The number of hydrogen-bond donors (Lipinski definition) is 1. The second-order valence-electron chi connectivity index (χ2n) is 2.16. The summed E-state index contributed by atoms with van der Waals surface area (Å²) in [4.78, 5) is 0. The SMILES string of the molecule is Cc1cccc(C)c1.N. The van der Waals surface area contributed by atoms with Crippen molar-refractivity contribution in [2.75, 3.05) is 0 Å². The third kappa shape index (κ3) is 2.29. The maximum Gasteiger partial charge on any atom is -0.0398 e. The molecule has 0 unspecified atom stereocenters. The molecule has 0 saturated heterocycles. The van der Waals surface area contributed by atoms with E-state index in [2.05, 4.69) is 38.1 Å². The first-order chi connectivity index (χ1) is 3.79. The zero-order valence-corrected chi connectivity index (χ0v) is 6.02. The summed E-state index contributed by atoms with van der Waals surface area (Å²) >= 11 is 0. The molecule has 0 spiro atoms. The van der Waals surface area contributed by atoms with Gasteiger partial charge in [0.1, 0.15) is 0 Å². The normalized spacial score (nSPS) is 8.22. The first-order valence-corrected chi connectivity index (χ1v) is 2.82. The van der Waals surface area contributed by atoms with E-state index in [1.54, 1.807) is 0 Å². The van der Waals surface area contributed by atoms with Gasteiger partial charge >= 0.3 is 0 Å². The molecule has 0 saturated carbocycles. The van der Waals surface area contributed by atoms with Crippen molar-refractivity contribution in [1.29, 1.82) is 0 Å². The Kier molecular flexibility index (Phi) is 2.96. The van der Waals surface area contributed by atoms with Gasteiger partial charge in [0.05, 0.1) is 0 Å². The Morgan fingerprint density at radius 1 is 1.00 bits per heavy atom. The Bertz CT molecular complexity index is 164. The molecule has 1 aromatic carbocycles. The van der Waals surface area contributed by atoms with Crippen LogP contribution in [0.4, 0.5) is 0 Å². The number of benzene rings is 1. The van der Waals surface area contributed by atoms with Gasteiger partial charge in [-0.1, -0.05) is 35.4 Å². The molecule has 0 radical (unpaired) electrons. The quantitative estimate of drug-likeness (QED) is 0.565. The highest BCUT2D eigenvalue weighted by Crippen LogP contribution is 2.00. The fraction of sp³-hybridized carbons (Fsp3) is 0.250. The third-order valence-electron chi connectivity index (χ3n) is 1.17. The second-order valence-corrected chi connectivity index (χ2v) is 2.16. The average molecular weight is 123 g/mol. The topological polar surface area (TPSA) is 35.0 Å². The molecule has 0 heterocycles. The van der Waals surface area contributed by atoms with Gasteiger partial charge in [-0.25, -0.2) is 0 Å². The van der Waals surface area contributed by atoms with Crippen molar-refractivity contribution in [2.24, 2.45) is 0 Å². The summed E-state index contributed by atoms with van der Waals surface area (Å²) in [5.74, 6) is 0. The maximum atomic E-state index is 2.17. The highest BCUT2D eigenvalue weighted by Gasteiger charge is 1.80. The number of aryl methyl sites for hydroxylation is 2. The molecule has 0 fully saturated rings. The molecule has 9 heavy (non-hydrogen) atoms. The first-order valence-electron chi connectivity index (χ1n) is 2.82. The largest absolute Gasteiger partial charge is 0.344 e. The minimum absolute atomic E-state index is 0. The van der Waals surface area contributed by atoms with Gasteiger partial charge < -0.3 is 6.15 Å². The van der Waals surface area contributed by atoms with E-state index in [0.717, 1.165) is 0 Å². The molecule has 0 aliphatic rings. The van der Waals surface area contributed by atoms with Gasteiger partial charge in [0.15, 0.2) is 0 Å². The predicted octanol–water partition coefficient (Wildman–Crippen LogP) is 2.47. The molecule has 1 nitrogen and oxygen atoms in total. The third-order valence-corrected chi connectivity index (χ3v) is 1.17. The van der Waals surface area contributed by atoms with Crippen LogP contribution >= 0.6 is 0 Å². The minimum atomic E-state index is 0. The van der Waals surface area contributed by atoms with Crippen molar-refractivity contribution in [3.8, 4) is 0 Å². The average Bonchev–Trinajstić information content (AvgIpc) is 1.64. The van der Waals surface area contributed by atoms with Crippen LogP contribution in [-0.2, 0) is 0 Å². The van der Waals surface area contributed by atoms with Crippen molar-refractivity contribution in [3.63, 3.8) is 0 Å². The first kappa shape index (κ1) is 8.18. The van der Waals surface area contributed by atoms with Crippen LogP contribution in [0.5, 0.6) is 0 Å². The fourth-order valence-corrected chi connectivity index (χ4v) is 0.807. The van der Waals surface area contributed by atoms with E-state index in [0.29, 0.717) is 0 Å². The van der Waals surface area contributed by atoms with Gasteiger partial charge in [0.25, 0.3) is 0 Å². The van der Waals surface area contributed by atoms with Crippen molar-refractivity contribution in [1.82, 2.24) is 6.15 Å². The molecule has 0 atom stereocenters. The summed E-state index contributed by atoms with van der Waals surface area (Å²) in [6.45, 7) is 4.21. The summed E-state index contributed by atoms with van der Waals surface area (Å²) in [7, 11) is 0. The van der Waals surface area contributed by atoms with E-state index in [1.807, 2.05) is 0 Å². The highest BCUT2D eigenvalue weighted by atomic mass is 14.0. The molecule has 50 valence electrons. The lowest BCUT2D eigenvalue weighted by molar-refractivity contribution is 1.39. The lowest BCUT2D eigenvalue weighted by Gasteiger charge is -1.90. The Hall–Kier alpha value is -0.820. The van der Waals surface area contributed by atoms with E-state index in [1.165, 1.54) is 11.1 Å².